The van der Waals surface area contributed by atoms with Crippen LogP contribution in [0.15, 0.2) is 0 Å². The first-order chi connectivity index (χ1) is 15.4. The normalized spacial score (nSPS) is 16.1. The average Bonchev–Trinajstić information content (AvgIpc) is 2.80. The summed E-state index contributed by atoms with van der Waals surface area (Å²) in [6, 6.07) is -3.89. The highest BCUT2D eigenvalue weighted by Gasteiger charge is 2.33. The van der Waals surface area contributed by atoms with Gasteiger partial charge in [-0.1, -0.05) is 0 Å². The van der Waals surface area contributed by atoms with Gasteiger partial charge in [0.05, 0.1) is 25.0 Å². The summed E-state index contributed by atoms with van der Waals surface area (Å²) in [4.78, 5) is 78.0. The molecule has 1 unspecified atom stereocenters. The van der Waals surface area contributed by atoms with Crippen LogP contribution in [-0.4, -0.2) is 113 Å². The fourth-order valence-electron chi connectivity index (χ4n) is 3.23. The Kier molecular flexibility index (Phi) is 10.9. The number of urea groups is 2. The largest absolute Gasteiger partial charge is 0.393 e. The molecule has 0 radical (unpaired) electrons. The van der Waals surface area contributed by atoms with E-state index in [1.54, 1.807) is 4.90 Å². The molecule has 2 N–H and O–H groups in total. The van der Waals surface area contributed by atoms with Crippen molar-refractivity contribution in [2.75, 3.05) is 34.2 Å². The van der Waals surface area contributed by atoms with Gasteiger partial charge in [-0.2, -0.15) is 0 Å². The molecule has 1 aliphatic heterocycles. The number of carbonyl (C=O) groups is 6. The van der Waals surface area contributed by atoms with Crippen molar-refractivity contribution in [2.45, 2.75) is 64.1 Å². The van der Waals surface area contributed by atoms with Crippen molar-refractivity contribution in [3.63, 3.8) is 0 Å². The van der Waals surface area contributed by atoms with E-state index in [2.05, 4.69) is 5.32 Å². The number of piperidine rings is 1. The van der Waals surface area contributed by atoms with Gasteiger partial charge < -0.3 is 25.0 Å². The molecule has 0 bridgehead atoms. The standard InChI is InChI=1S/C21H35N5O7/c1-14(13-27)23(3)18(30)12-16(19(31)26-9-7-6-8-10-26)22-20(32)25(5)21(33)24(4)17(29)11-15(2)28/h13-16,28H,6-12H2,1-5H3,(H,22,32)/t14?,15-,16+/m1/s1. The van der Waals surface area contributed by atoms with E-state index in [1.807, 2.05) is 0 Å². The number of rotatable bonds is 8. The molecule has 7 amide bonds. The fraction of sp³-hybridized carbons (Fsp3) is 0.714. The van der Waals surface area contributed by atoms with Crippen LogP contribution in [0.4, 0.5) is 9.59 Å². The van der Waals surface area contributed by atoms with Gasteiger partial charge in [0, 0.05) is 34.2 Å². The van der Waals surface area contributed by atoms with Crippen LogP contribution < -0.4 is 5.32 Å². The van der Waals surface area contributed by atoms with Crippen LogP contribution in [0.1, 0.15) is 46.0 Å². The Hall–Kier alpha value is -3.02. The second kappa shape index (κ2) is 12.9. The highest BCUT2D eigenvalue weighted by molar-refractivity contribution is 6.02. The molecule has 3 atom stereocenters. The Morgan fingerprint density at radius 3 is 2.03 bits per heavy atom. The van der Waals surface area contributed by atoms with Gasteiger partial charge in [0.25, 0.3) is 0 Å². The Labute approximate surface area is 193 Å². The van der Waals surface area contributed by atoms with Crippen LogP contribution in [0.5, 0.6) is 0 Å². The average molecular weight is 470 g/mol. The van der Waals surface area contributed by atoms with E-state index in [9.17, 15) is 33.9 Å². The third kappa shape index (κ3) is 8.12. The topological polar surface area (TPSA) is 148 Å². The summed E-state index contributed by atoms with van der Waals surface area (Å²) >= 11 is 0. The van der Waals surface area contributed by atoms with Gasteiger partial charge >= 0.3 is 12.1 Å². The highest BCUT2D eigenvalue weighted by Crippen LogP contribution is 2.13. The number of aliphatic hydroxyl groups is 1. The smallest absolute Gasteiger partial charge is 0.334 e. The van der Waals surface area contributed by atoms with Crippen LogP contribution >= 0.6 is 0 Å². The molecule has 0 aliphatic carbocycles. The van der Waals surface area contributed by atoms with Crippen molar-refractivity contribution < 1.29 is 33.9 Å². The first-order valence-corrected chi connectivity index (χ1v) is 10.9. The lowest BCUT2D eigenvalue weighted by Crippen LogP contribution is -2.56. The van der Waals surface area contributed by atoms with E-state index in [-0.39, 0.29) is 6.42 Å². The van der Waals surface area contributed by atoms with Crippen molar-refractivity contribution in [1.29, 1.82) is 0 Å². The summed E-state index contributed by atoms with van der Waals surface area (Å²) in [6.45, 7) is 3.90. The monoisotopic (exact) mass is 469 g/mol. The molecule has 0 saturated carbocycles. The first-order valence-electron chi connectivity index (χ1n) is 10.9. The predicted molar refractivity (Wildman–Crippen MR) is 118 cm³/mol. The molecule has 1 saturated heterocycles. The van der Waals surface area contributed by atoms with Crippen molar-refractivity contribution in [2.24, 2.45) is 0 Å². The minimum atomic E-state index is -1.25. The number of likely N-dealkylation sites (tertiary alicyclic amines) is 1. The summed E-state index contributed by atoms with van der Waals surface area (Å²) in [5.74, 6) is -1.67. The van der Waals surface area contributed by atoms with Crippen molar-refractivity contribution in [3.05, 3.63) is 0 Å². The third-order valence-electron chi connectivity index (χ3n) is 5.57. The number of imide groups is 2. The zero-order valence-corrected chi connectivity index (χ0v) is 19.9. The van der Waals surface area contributed by atoms with Gasteiger partial charge in [-0.15, -0.1) is 0 Å². The van der Waals surface area contributed by atoms with Crippen LogP contribution in [0, 0.1) is 0 Å². The van der Waals surface area contributed by atoms with Crippen LogP contribution in [-0.2, 0) is 19.2 Å². The second-order valence-electron chi connectivity index (χ2n) is 8.32. The minimum absolute atomic E-state index is 0.302. The molecule has 12 heteroatoms. The number of nitrogens with zero attached hydrogens (tertiary/aromatic N) is 4. The molecule has 186 valence electrons. The summed E-state index contributed by atoms with van der Waals surface area (Å²) in [5, 5.41) is 11.8. The first kappa shape index (κ1) is 28.0. The summed E-state index contributed by atoms with van der Waals surface area (Å²) in [7, 11) is 3.73. The van der Waals surface area contributed by atoms with Crippen molar-refractivity contribution in [3.8, 4) is 0 Å². The van der Waals surface area contributed by atoms with Crippen molar-refractivity contribution in [1.82, 2.24) is 24.9 Å². The molecular formula is C21H35N5O7. The minimum Gasteiger partial charge on any atom is -0.393 e. The number of hydrogen-bond donors (Lipinski definition) is 2. The lowest BCUT2D eigenvalue weighted by atomic mass is 10.1. The second-order valence-corrected chi connectivity index (χ2v) is 8.32. The quantitative estimate of drug-likeness (QED) is 0.468. The van der Waals surface area contributed by atoms with E-state index in [1.165, 1.54) is 32.8 Å². The molecule has 12 nitrogen and oxygen atoms in total. The van der Waals surface area contributed by atoms with Crippen molar-refractivity contribution >= 4 is 36.1 Å². The predicted octanol–water partition coefficient (Wildman–Crippen LogP) is -0.206. The Bertz CT molecular complexity index is 751. The lowest BCUT2D eigenvalue weighted by Gasteiger charge is -2.32. The molecule has 0 spiro atoms. The Morgan fingerprint density at radius 1 is 0.939 bits per heavy atom. The SMILES string of the molecule is CC(C=O)N(C)C(=O)C[C@H](NC(=O)N(C)C(=O)N(C)C(=O)C[C@@H](C)O)C(=O)N1CCCCC1. The van der Waals surface area contributed by atoms with Gasteiger partial charge in [0.15, 0.2) is 0 Å². The number of hydrogen-bond acceptors (Lipinski definition) is 7. The summed E-state index contributed by atoms with van der Waals surface area (Å²) in [6.07, 6.45) is 1.51. The van der Waals surface area contributed by atoms with Gasteiger partial charge in [-0.25, -0.2) is 14.5 Å². The summed E-state index contributed by atoms with van der Waals surface area (Å²) in [5.41, 5.74) is 0. The maximum absolute atomic E-state index is 13.1. The van der Waals surface area contributed by atoms with Crippen LogP contribution in [0.3, 0.4) is 0 Å². The zero-order chi connectivity index (χ0) is 25.3. The number of aldehydes is 1. The lowest BCUT2D eigenvalue weighted by molar-refractivity contribution is -0.140. The molecular weight excluding hydrogens is 434 g/mol. The van der Waals surface area contributed by atoms with E-state index in [0.717, 1.165) is 26.3 Å². The van der Waals surface area contributed by atoms with E-state index in [4.69, 9.17) is 0 Å². The maximum atomic E-state index is 13.1. The molecule has 1 fully saturated rings. The number of carbonyl (C=O) groups excluding carboxylic acids is 6. The van der Waals surface area contributed by atoms with E-state index >= 15 is 0 Å². The molecule has 33 heavy (non-hydrogen) atoms. The van der Waals surface area contributed by atoms with Gasteiger partial charge in [-0.3, -0.25) is 19.3 Å². The van der Waals surface area contributed by atoms with E-state index in [0.29, 0.717) is 29.2 Å². The molecule has 1 heterocycles. The summed E-state index contributed by atoms with van der Waals surface area (Å²) < 4.78 is 0. The molecule has 1 rings (SSSR count). The molecule has 0 aromatic carbocycles. The molecule has 0 aromatic rings. The van der Waals surface area contributed by atoms with Gasteiger partial charge in [0.2, 0.25) is 17.7 Å². The Morgan fingerprint density at radius 2 is 1.52 bits per heavy atom. The van der Waals surface area contributed by atoms with Gasteiger partial charge in [0.1, 0.15) is 12.3 Å². The van der Waals surface area contributed by atoms with E-state index < -0.39 is 54.4 Å². The Balaban J connectivity index is 2.98. The molecule has 0 aromatic heterocycles. The number of nitrogens with one attached hydrogen (secondary N) is 1. The number of amides is 7. The number of aliphatic hydroxyl groups excluding tert-OH is 1. The fourth-order valence-corrected chi connectivity index (χ4v) is 3.23. The highest BCUT2D eigenvalue weighted by atomic mass is 16.3. The molecule has 1 aliphatic rings. The van der Waals surface area contributed by atoms with Gasteiger partial charge in [-0.05, 0) is 33.1 Å². The number of likely N-dealkylation sites (N-methyl/N-ethyl adjacent to an activating group) is 1. The third-order valence-corrected chi connectivity index (χ3v) is 5.57. The van der Waals surface area contributed by atoms with Crippen LogP contribution in [0.2, 0.25) is 0 Å². The van der Waals surface area contributed by atoms with Crippen LogP contribution in [0.25, 0.3) is 0 Å². The zero-order valence-electron chi connectivity index (χ0n) is 19.9. The maximum Gasteiger partial charge on any atom is 0.334 e.